The van der Waals surface area contributed by atoms with Crippen LogP contribution in [0.5, 0.6) is 5.75 Å². The molecule has 0 saturated heterocycles. The summed E-state index contributed by atoms with van der Waals surface area (Å²) < 4.78 is 16.5. The van der Waals surface area contributed by atoms with Gasteiger partial charge in [0.2, 0.25) is 17.8 Å². The van der Waals surface area contributed by atoms with E-state index >= 15 is 0 Å². The number of amides is 1. The van der Waals surface area contributed by atoms with Crippen molar-refractivity contribution in [3.8, 4) is 5.75 Å². The molecule has 43 heavy (non-hydrogen) atoms. The van der Waals surface area contributed by atoms with Crippen LogP contribution in [0, 0.1) is 0 Å². The molecule has 0 saturated carbocycles. The number of hydrogen-bond donors (Lipinski definition) is 3. The summed E-state index contributed by atoms with van der Waals surface area (Å²) in [5.74, 6) is 2.17. The van der Waals surface area contributed by atoms with Crippen molar-refractivity contribution in [3.05, 3.63) is 102 Å². The predicted octanol–water partition coefficient (Wildman–Crippen LogP) is 4.00. The van der Waals surface area contributed by atoms with E-state index in [1.807, 2.05) is 72.6 Å². The van der Waals surface area contributed by atoms with Crippen LogP contribution in [0.1, 0.15) is 21.5 Å². The summed E-state index contributed by atoms with van der Waals surface area (Å²) in [7, 11) is 3.60. The van der Waals surface area contributed by atoms with Gasteiger partial charge in [0.1, 0.15) is 5.75 Å². The Bertz CT molecular complexity index is 1380. The van der Waals surface area contributed by atoms with Crippen molar-refractivity contribution in [3.63, 3.8) is 0 Å². The number of anilines is 3. The lowest BCUT2D eigenvalue weighted by molar-refractivity contribution is 0.0519. The average Bonchev–Trinajstić information content (AvgIpc) is 3.05. The van der Waals surface area contributed by atoms with Gasteiger partial charge >= 0.3 is 0 Å². The van der Waals surface area contributed by atoms with Crippen LogP contribution in [-0.2, 0) is 22.6 Å². The Labute approximate surface area is 252 Å². The maximum absolute atomic E-state index is 12.0. The van der Waals surface area contributed by atoms with Crippen molar-refractivity contribution >= 4 is 23.8 Å². The lowest BCUT2D eigenvalue weighted by atomic mass is 10.2. The van der Waals surface area contributed by atoms with Gasteiger partial charge in [-0.3, -0.25) is 4.79 Å². The first-order valence-electron chi connectivity index (χ1n) is 14.2. The number of aromatic nitrogens is 3. The molecule has 11 nitrogen and oxygen atoms in total. The highest BCUT2D eigenvalue weighted by Crippen LogP contribution is 2.17. The Morgan fingerprint density at radius 3 is 2.02 bits per heavy atom. The third-order valence-corrected chi connectivity index (χ3v) is 6.31. The normalized spacial score (nSPS) is 10.7. The van der Waals surface area contributed by atoms with Crippen LogP contribution in [0.3, 0.4) is 0 Å². The van der Waals surface area contributed by atoms with E-state index in [9.17, 15) is 4.79 Å². The minimum absolute atomic E-state index is 0.113. The van der Waals surface area contributed by atoms with Crippen LogP contribution in [0.4, 0.5) is 17.8 Å². The molecule has 1 heterocycles. The molecule has 226 valence electrons. The Morgan fingerprint density at radius 2 is 1.35 bits per heavy atom. The molecule has 3 aromatic carbocycles. The molecule has 0 aliphatic heterocycles. The van der Waals surface area contributed by atoms with Gasteiger partial charge in [0.15, 0.2) is 0 Å². The Balaban J connectivity index is 1.21. The molecule has 0 fully saturated rings. The van der Waals surface area contributed by atoms with Gasteiger partial charge in [-0.2, -0.15) is 15.0 Å². The fourth-order valence-electron chi connectivity index (χ4n) is 4.03. The minimum Gasteiger partial charge on any atom is -0.497 e. The van der Waals surface area contributed by atoms with Crippen LogP contribution < -0.4 is 25.6 Å². The smallest absolute Gasteiger partial charge is 0.251 e. The molecular weight excluding hydrogens is 546 g/mol. The first-order chi connectivity index (χ1) is 21.1. The highest BCUT2D eigenvalue weighted by molar-refractivity contribution is 5.94. The van der Waals surface area contributed by atoms with Crippen LogP contribution in [0.15, 0.2) is 84.9 Å². The van der Waals surface area contributed by atoms with E-state index in [2.05, 4.69) is 43.0 Å². The zero-order chi connectivity index (χ0) is 30.1. The highest BCUT2D eigenvalue weighted by atomic mass is 16.5. The molecule has 0 unspecified atom stereocenters. The van der Waals surface area contributed by atoms with E-state index in [1.165, 1.54) is 0 Å². The summed E-state index contributed by atoms with van der Waals surface area (Å²) >= 11 is 0. The summed E-state index contributed by atoms with van der Waals surface area (Å²) in [6.45, 7) is 3.88. The van der Waals surface area contributed by atoms with Crippen LogP contribution in [0.2, 0.25) is 0 Å². The van der Waals surface area contributed by atoms with Crippen molar-refractivity contribution in [2.75, 3.05) is 69.2 Å². The molecule has 0 aliphatic rings. The fourth-order valence-corrected chi connectivity index (χ4v) is 4.03. The summed E-state index contributed by atoms with van der Waals surface area (Å²) in [5.41, 5.74) is 2.86. The third-order valence-electron chi connectivity index (χ3n) is 6.31. The molecule has 11 heteroatoms. The monoisotopic (exact) mass is 585 g/mol. The summed E-state index contributed by atoms with van der Waals surface area (Å²) in [6.07, 6.45) is 0. The third kappa shape index (κ3) is 10.9. The largest absolute Gasteiger partial charge is 0.497 e. The molecule has 4 rings (SSSR count). The van der Waals surface area contributed by atoms with E-state index in [0.717, 1.165) is 16.9 Å². The number of nitrogens with one attached hydrogen (secondary N) is 3. The number of rotatable bonds is 18. The molecule has 3 N–H and O–H groups in total. The van der Waals surface area contributed by atoms with E-state index in [1.54, 1.807) is 19.2 Å². The second-order valence-corrected chi connectivity index (χ2v) is 9.60. The average molecular weight is 586 g/mol. The van der Waals surface area contributed by atoms with Gasteiger partial charge in [-0.1, -0.05) is 60.7 Å². The second-order valence-electron chi connectivity index (χ2n) is 9.60. The van der Waals surface area contributed by atoms with Crippen LogP contribution in [-0.4, -0.2) is 74.5 Å². The number of carbonyl (C=O) groups is 1. The number of carbonyl (C=O) groups excluding carboxylic acids is 1. The summed E-state index contributed by atoms with van der Waals surface area (Å²) in [6, 6.07) is 27.1. The lowest BCUT2D eigenvalue weighted by Gasteiger charge is -2.19. The number of ether oxygens (including phenoxy) is 3. The first kappa shape index (κ1) is 31.2. The quantitative estimate of drug-likeness (QED) is 0.148. The topological polar surface area (TPSA) is 123 Å². The zero-order valence-corrected chi connectivity index (χ0v) is 24.7. The SMILES string of the molecule is COc1ccc(CNc2nc(NCCOCCOCCNC(=O)c3ccccc3)nc(N(C)Cc3ccccc3)n2)cc1. The van der Waals surface area contributed by atoms with E-state index < -0.39 is 0 Å². The predicted molar refractivity (Wildman–Crippen MR) is 168 cm³/mol. The Morgan fingerprint density at radius 1 is 0.721 bits per heavy atom. The zero-order valence-electron chi connectivity index (χ0n) is 24.7. The maximum Gasteiger partial charge on any atom is 0.251 e. The van der Waals surface area contributed by atoms with Crippen molar-refractivity contribution < 1.29 is 19.0 Å². The molecule has 0 atom stereocenters. The van der Waals surface area contributed by atoms with Crippen LogP contribution in [0.25, 0.3) is 0 Å². The van der Waals surface area contributed by atoms with Gasteiger partial charge in [0, 0.05) is 38.8 Å². The maximum atomic E-state index is 12.0. The molecular formula is C32H39N7O4. The molecule has 1 aromatic heterocycles. The first-order valence-corrected chi connectivity index (χ1v) is 14.2. The standard InChI is InChI=1S/C32H39N7O4/c1-39(24-26-9-5-3-6-10-26)32-37-30(36-31(38-32)35-23-25-13-15-28(41-2)16-14-25)34-18-20-43-22-21-42-19-17-33-29(40)27-11-7-4-8-12-27/h3-16H,17-24H2,1-2H3,(H,33,40)(H2,34,35,36,37,38). The van der Waals surface area contributed by atoms with Gasteiger partial charge in [-0.15, -0.1) is 0 Å². The number of methoxy groups -OCH3 is 1. The summed E-state index contributed by atoms with van der Waals surface area (Å²) in [5, 5.41) is 9.38. The molecule has 0 radical (unpaired) electrons. The lowest BCUT2D eigenvalue weighted by Crippen LogP contribution is -2.27. The van der Waals surface area contributed by atoms with Gasteiger partial charge in [-0.05, 0) is 35.4 Å². The van der Waals surface area contributed by atoms with Crippen molar-refractivity contribution in [2.24, 2.45) is 0 Å². The Kier molecular flexibility index (Phi) is 12.5. The van der Waals surface area contributed by atoms with E-state index in [4.69, 9.17) is 14.2 Å². The highest BCUT2D eigenvalue weighted by Gasteiger charge is 2.11. The number of benzene rings is 3. The van der Waals surface area contributed by atoms with E-state index in [-0.39, 0.29) is 5.91 Å². The molecule has 0 aliphatic carbocycles. The molecule has 0 spiro atoms. The van der Waals surface area contributed by atoms with Gasteiger partial charge in [-0.25, -0.2) is 0 Å². The molecule has 4 aromatic rings. The number of hydrogen-bond acceptors (Lipinski definition) is 10. The molecule has 0 bridgehead atoms. The van der Waals surface area contributed by atoms with Crippen molar-refractivity contribution in [1.29, 1.82) is 0 Å². The van der Waals surface area contributed by atoms with Gasteiger partial charge in [0.05, 0.1) is 33.5 Å². The number of nitrogens with zero attached hydrogens (tertiary/aromatic N) is 4. The fraction of sp³-hybridized carbons (Fsp3) is 0.312. The van der Waals surface area contributed by atoms with Crippen molar-refractivity contribution in [1.82, 2.24) is 20.3 Å². The van der Waals surface area contributed by atoms with Gasteiger partial charge in [0.25, 0.3) is 5.91 Å². The molecule has 1 amide bonds. The van der Waals surface area contributed by atoms with Gasteiger partial charge < -0.3 is 35.1 Å². The van der Waals surface area contributed by atoms with E-state index in [0.29, 0.717) is 76.0 Å². The van der Waals surface area contributed by atoms with Crippen molar-refractivity contribution in [2.45, 2.75) is 13.1 Å². The minimum atomic E-state index is -0.113. The second kappa shape index (κ2) is 17.3. The Hall–Kier alpha value is -4.74. The summed E-state index contributed by atoms with van der Waals surface area (Å²) in [4.78, 5) is 27.9. The van der Waals surface area contributed by atoms with Crippen LogP contribution >= 0.6 is 0 Å².